The number of hydrogen-bond acceptors (Lipinski definition) is 3. The Bertz CT molecular complexity index is 411. The maximum atomic E-state index is 11.7. The highest BCUT2D eigenvalue weighted by atomic mass is 16.4. The second-order valence-electron chi connectivity index (χ2n) is 6.01. The van der Waals surface area contributed by atoms with E-state index in [1.54, 1.807) is 12.2 Å². The van der Waals surface area contributed by atoms with Crippen LogP contribution in [-0.4, -0.2) is 28.1 Å². The molecule has 0 saturated heterocycles. The van der Waals surface area contributed by atoms with Gasteiger partial charge in [-0.2, -0.15) is 0 Å². The fourth-order valence-corrected chi connectivity index (χ4v) is 2.79. The third-order valence-corrected chi connectivity index (χ3v) is 4.20. The summed E-state index contributed by atoms with van der Waals surface area (Å²) in [4.78, 5) is 22.1. The maximum Gasteiger partial charge on any atom is 0.303 e. The Morgan fingerprint density at radius 3 is 2.64 bits per heavy atom. The van der Waals surface area contributed by atoms with Crippen LogP contribution in [0.3, 0.4) is 0 Å². The Labute approximate surface area is 132 Å². The van der Waals surface area contributed by atoms with Gasteiger partial charge < -0.3 is 10.2 Å². The van der Waals surface area contributed by atoms with Crippen LogP contribution in [0.1, 0.15) is 58.3 Å². The largest absolute Gasteiger partial charge is 0.481 e. The number of carbonyl (C=O) groups excluding carboxylic acids is 1. The van der Waals surface area contributed by atoms with Crippen molar-refractivity contribution in [2.24, 2.45) is 11.8 Å². The molecule has 2 N–H and O–H groups in total. The topological polar surface area (TPSA) is 74.6 Å². The molecule has 0 amide bonds. The van der Waals surface area contributed by atoms with E-state index in [9.17, 15) is 14.7 Å². The molecule has 1 rings (SSSR count). The van der Waals surface area contributed by atoms with E-state index in [1.807, 2.05) is 12.2 Å². The molecule has 4 heteroatoms. The first-order valence-corrected chi connectivity index (χ1v) is 8.34. The highest BCUT2D eigenvalue weighted by Crippen LogP contribution is 2.26. The van der Waals surface area contributed by atoms with Crippen LogP contribution >= 0.6 is 0 Å². The number of unbranched alkanes of at least 4 members (excludes halogenated alkanes) is 4. The van der Waals surface area contributed by atoms with Crippen molar-refractivity contribution in [3.8, 4) is 0 Å². The monoisotopic (exact) mass is 308 g/mol. The smallest absolute Gasteiger partial charge is 0.303 e. The van der Waals surface area contributed by atoms with Crippen LogP contribution in [0.25, 0.3) is 0 Å². The Hall–Kier alpha value is -1.42. The Balaban J connectivity index is 2.13. The summed E-state index contributed by atoms with van der Waals surface area (Å²) >= 11 is 0. The van der Waals surface area contributed by atoms with Crippen LogP contribution in [0.15, 0.2) is 24.3 Å². The summed E-state index contributed by atoms with van der Waals surface area (Å²) in [5.41, 5.74) is 0. The van der Waals surface area contributed by atoms with Gasteiger partial charge >= 0.3 is 5.97 Å². The lowest BCUT2D eigenvalue weighted by atomic mass is 9.91. The van der Waals surface area contributed by atoms with Gasteiger partial charge in [0.05, 0.1) is 6.10 Å². The minimum Gasteiger partial charge on any atom is -0.481 e. The standard InChI is InChI=1S/C18H28O4/c1-2-14-10-13-17(20)16(14)12-11-15(19)8-6-4-3-5-7-9-18(21)22/h10-16,19H,2-9H2,1H3,(H,21,22)/b12-11+/t14-,15-,16-/m0/s1. The SMILES string of the molecule is CC[C@H]1C=CC(=O)[C@H]1/C=C/[C@@H](O)CCCCCCCC(=O)O. The first-order chi connectivity index (χ1) is 10.5. The molecule has 124 valence electrons. The number of ketones is 1. The first-order valence-electron chi connectivity index (χ1n) is 8.34. The molecule has 0 bridgehead atoms. The normalized spacial score (nSPS) is 22.5. The van der Waals surface area contributed by atoms with Crippen LogP contribution in [0.4, 0.5) is 0 Å². The zero-order valence-electron chi connectivity index (χ0n) is 13.4. The van der Waals surface area contributed by atoms with E-state index in [0.29, 0.717) is 6.42 Å². The van der Waals surface area contributed by atoms with Gasteiger partial charge in [0.1, 0.15) is 0 Å². The summed E-state index contributed by atoms with van der Waals surface area (Å²) in [6.45, 7) is 2.06. The van der Waals surface area contributed by atoms with Gasteiger partial charge in [0, 0.05) is 12.3 Å². The zero-order chi connectivity index (χ0) is 16.4. The lowest BCUT2D eigenvalue weighted by Gasteiger charge is -2.13. The molecule has 0 spiro atoms. The number of allylic oxidation sites excluding steroid dienone is 3. The van der Waals surface area contributed by atoms with Crippen LogP contribution in [0, 0.1) is 11.8 Å². The molecule has 4 nitrogen and oxygen atoms in total. The number of hydrogen-bond donors (Lipinski definition) is 2. The molecular weight excluding hydrogens is 280 g/mol. The number of carboxylic acids is 1. The number of carbonyl (C=O) groups is 2. The second-order valence-corrected chi connectivity index (χ2v) is 6.01. The van der Waals surface area contributed by atoms with E-state index in [4.69, 9.17) is 5.11 Å². The molecule has 0 radical (unpaired) electrons. The van der Waals surface area contributed by atoms with Gasteiger partial charge in [-0.05, 0) is 31.3 Å². The summed E-state index contributed by atoms with van der Waals surface area (Å²) in [5.74, 6) is -0.434. The molecule has 1 aliphatic rings. The summed E-state index contributed by atoms with van der Waals surface area (Å²) < 4.78 is 0. The van der Waals surface area contributed by atoms with Gasteiger partial charge in [0.2, 0.25) is 0 Å². The first kappa shape index (κ1) is 18.6. The van der Waals surface area contributed by atoms with Gasteiger partial charge in [0.25, 0.3) is 0 Å². The molecule has 0 aromatic rings. The minimum atomic E-state index is -0.734. The lowest BCUT2D eigenvalue weighted by molar-refractivity contribution is -0.137. The fraction of sp³-hybridized carbons (Fsp3) is 0.667. The van der Waals surface area contributed by atoms with Crippen LogP contribution in [0.5, 0.6) is 0 Å². The van der Waals surface area contributed by atoms with Crippen molar-refractivity contribution in [1.82, 2.24) is 0 Å². The predicted molar refractivity (Wildman–Crippen MR) is 86.5 cm³/mol. The molecule has 0 aromatic heterocycles. The quantitative estimate of drug-likeness (QED) is 0.452. The summed E-state index contributed by atoms with van der Waals surface area (Å²) in [6.07, 6.45) is 13.2. The molecular formula is C18H28O4. The Morgan fingerprint density at radius 2 is 1.95 bits per heavy atom. The van der Waals surface area contributed by atoms with E-state index in [1.165, 1.54) is 0 Å². The number of aliphatic hydroxyl groups excluding tert-OH is 1. The van der Waals surface area contributed by atoms with Gasteiger partial charge in [-0.15, -0.1) is 0 Å². The van der Waals surface area contributed by atoms with Crippen LogP contribution in [-0.2, 0) is 9.59 Å². The van der Waals surface area contributed by atoms with Crippen LogP contribution in [0.2, 0.25) is 0 Å². The fourth-order valence-electron chi connectivity index (χ4n) is 2.79. The van der Waals surface area contributed by atoms with E-state index in [-0.39, 0.29) is 24.0 Å². The Morgan fingerprint density at radius 1 is 1.27 bits per heavy atom. The van der Waals surface area contributed by atoms with Gasteiger partial charge in [-0.1, -0.05) is 50.8 Å². The lowest BCUT2D eigenvalue weighted by Crippen LogP contribution is -2.13. The highest BCUT2D eigenvalue weighted by Gasteiger charge is 2.26. The second kappa shape index (κ2) is 10.3. The van der Waals surface area contributed by atoms with Crippen molar-refractivity contribution in [3.05, 3.63) is 24.3 Å². The van der Waals surface area contributed by atoms with E-state index >= 15 is 0 Å². The molecule has 0 unspecified atom stereocenters. The molecule has 0 saturated carbocycles. The van der Waals surface area contributed by atoms with Crippen molar-refractivity contribution < 1.29 is 19.8 Å². The molecule has 3 atom stereocenters. The van der Waals surface area contributed by atoms with Crippen molar-refractivity contribution in [1.29, 1.82) is 0 Å². The Kier molecular flexibility index (Phi) is 8.75. The molecule has 0 fully saturated rings. The van der Waals surface area contributed by atoms with Crippen molar-refractivity contribution in [2.75, 3.05) is 0 Å². The molecule has 0 aliphatic heterocycles. The highest BCUT2D eigenvalue weighted by molar-refractivity contribution is 5.95. The molecule has 0 aromatic carbocycles. The third-order valence-electron chi connectivity index (χ3n) is 4.20. The maximum absolute atomic E-state index is 11.7. The summed E-state index contributed by atoms with van der Waals surface area (Å²) in [6, 6.07) is 0. The molecule has 1 aliphatic carbocycles. The predicted octanol–water partition coefficient (Wildman–Crippen LogP) is 3.50. The summed E-state index contributed by atoms with van der Waals surface area (Å²) in [7, 11) is 0. The number of aliphatic hydroxyl groups is 1. The van der Waals surface area contributed by atoms with Crippen molar-refractivity contribution in [3.63, 3.8) is 0 Å². The van der Waals surface area contributed by atoms with E-state index in [0.717, 1.165) is 38.5 Å². The minimum absolute atomic E-state index is 0.101. The van der Waals surface area contributed by atoms with Crippen molar-refractivity contribution in [2.45, 2.75) is 64.4 Å². The van der Waals surface area contributed by atoms with E-state index in [2.05, 4.69) is 6.92 Å². The molecule has 0 heterocycles. The third kappa shape index (κ3) is 7.03. The zero-order valence-corrected chi connectivity index (χ0v) is 13.4. The number of rotatable bonds is 11. The number of carboxylic acid groups (broad SMARTS) is 1. The van der Waals surface area contributed by atoms with Crippen LogP contribution < -0.4 is 0 Å². The van der Waals surface area contributed by atoms with Gasteiger partial charge in [0.15, 0.2) is 5.78 Å². The van der Waals surface area contributed by atoms with E-state index < -0.39 is 12.1 Å². The summed E-state index contributed by atoms with van der Waals surface area (Å²) in [5, 5.41) is 18.5. The van der Waals surface area contributed by atoms with Gasteiger partial charge in [-0.25, -0.2) is 0 Å². The average Bonchev–Trinajstić information content (AvgIpc) is 2.84. The van der Waals surface area contributed by atoms with Crippen molar-refractivity contribution >= 4 is 11.8 Å². The van der Waals surface area contributed by atoms with Gasteiger partial charge in [-0.3, -0.25) is 9.59 Å². The molecule has 22 heavy (non-hydrogen) atoms. The number of aliphatic carboxylic acids is 1. The average molecular weight is 308 g/mol.